The Morgan fingerprint density at radius 2 is 2.12 bits per heavy atom. The Morgan fingerprint density at radius 3 is 2.77 bits per heavy atom. The van der Waals surface area contributed by atoms with Crippen LogP contribution in [0.1, 0.15) is 19.4 Å². The molecule has 0 amide bonds. The Bertz CT molecular complexity index is 989. The Hall–Kier alpha value is -1.90. The molecule has 2 aromatic heterocycles. The van der Waals surface area contributed by atoms with Crippen LogP contribution < -0.4 is 9.54 Å². The second-order valence-electron chi connectivity index (χ2n) is 5.71. The smallest absolute Gasteiger partial charge is 0.206 e. The van der Waals surface area contributed by atoms with E-state index in [2.05, 4.69) is 37.5 Å². The van der Waals surface area contributed by atoms with Crippen molar-refractivity contribution in [2.24, 2.45) is 10.1 Å². The molecule has 0 unspecified atom stereocenters. The fourth-order valence-corrected chi connectivity index (χ4v) is 4.49. The third-order valence-corrected chi connectivity index (χ3v) is 5.75. The zero-order valence-electron chi connectivity index (χ0n) is 14.5. The van der Waals surface area contributed by atoms with Crippen molar-refractivity contribution in [3.05, 3.63) is 49.9 Å². The molecule has 0 aliphatic heterocycles. The van der Waals surface area contributed by atoms with Gasteiger partial charge in [0.15, 0.2) is 11.5 Å². The molecule has 26 heavy (non-hydrogen) atoms. The fourth-order valence-electron chi connectivity index (χ4n) is 2.26. The molecule has 8 heteroatoms. The molecule has 5 nitrogen and oxygen atoms in total. The second-order valence-corrected chi connectivity index (χ2v) is 8.35. The highest BCUT2D eigenvalue weighted by atomic mass is 79.9. The number of thiazole rings is 1. The highest BCUT2D eigenvalue weighted by Crippen LogP contribution is 2.34. The Morgan fingerprint density at radius 1 is 1.31 bits per heavy atom. The molecule has 0 radical (unpaired) electrons. The Kier molecular flexibility index (Phi) is 5.95. The lowest BCUT2D eigenvalue weighted by atomic mass is 10.2. The third kappa shape index (κ3) is 4.08. The van der Waals surface area contributed by atoms with Crippen molar-refractivity contribution < 1.29 is 9.84 Å². The van der Waals surface area contributed by atoms with Gasteiger partial charge in [0, 0.05) is 11.4 Å². The summed E-state index contributed by atoms with van der Waals surface area (Å²) in [5, 5.41) is 18.7. The largest absolute Gasteiger partial charge is 0.503 e. The first-order valence-corrected chi connectivity index (χ1v) is 10.4. The van der Waals surface area contributed by atoms with Crippen LogP contribution >= 0.6 is 38.6 Å². The van der Waals surface area contributed by atoms with Gasteiger partial charge >= 0.3 is 0 Å². The van der Waals surface area contributed by atoms with Gasteiger partial charge in [-0.05, 0) is 58.9 Å². The number of rotatable bonds is 5. The first-order chi connectivity index (χ1) is 12.5. The van der Waals surface area contributed by atoms with Gasteiger partial charge in [-0.15, -0.1) is 22.7 Å². The molecule has 0 atom stereocenters. The van der Waals surface area contributed by atoms with Gasteiger partial charge in [0.1, 0.15) is 0 Å². The topological polar surface area (TPSA) is 59.1 Å². The number of aromatic nitrogens is 1. The normalized spacial score (nSPS) is 12.4. The maximum atomic E-state index is 9.95. The van der Waals surface area contributed by atoms with E-state index in [9.17, 15) is 5.11 Å². The lowest BCUT2D eigenvalue weighted by Gasteiger charge is -2.06. The van der Waals surface area contributed by atoms with Gasteiger partial charge in [0.25, 0.3) is 0 Å². The zero-order valence-corrected chi connectivity index (χ0v) is 17.7. The van der Waals surface area contributed by atoms with Crippen molar-refractivity contribution in [2.45, 2.75) is 19.9 Å². The standard InChI is InChI=1S/C18H18BrN3O2S2/c1-11(2)21-18-22(14(10-26-18)16-5-4-6-25-16)20-9-12-7-13(19)17(23)15(8-12)24-3/h4-11,23H,1-3H3. The van der Waals surface area contributed by atoms with Crippen LogP contribution in [0, 0.1) is 0 Å². The molecule has 0 bridgehead atoms. The minimum Gasteiger partial charge on any atom is -0.503 e. The first-order valence-electron chi connectivity index (χ1n) is 7.88. The van der Waals surface area contributed by atoms with Gasteiger partial charge in [-0.1, -0.05) is 6.07 Å². The first kappa shape index (κ1) is 18.9. The number of hydrogen-bond acceptors (Lipinski definition) is 6. The summed E-state index contributed by atoms with van der Waals surface area (Å²) < 4.78 is 7.60. The average Bonchev–Trinajstić information content (AvgIpc) is 3.25. The van der Waals surface area contributed by atoms with Crippen LogP contribution in [0.2, 0.25) is 0 Å². The summed E-state index contributed by atoms with van der Waals surface area (Å²) in [6.45, 7) is 4.08. The molecule has 0 aliphatic rings. The molecule has 2 heterocycles. The summed E-state index contributed by atoms with van der Waals surface area (Å²) in [4.78, 5) is 6.64. The molecule has 0 spiro atoms. The van der Waals surface area contributed by atoms with Gasteiger partial charge in [-0.25, -0.2) is 4.68 Å². The summed E-state index contributed by atoms with van der Waals surface area (Å²) in [7, 11) is 1.52. The van der Waals surface area contributed by atoms with Crippen LogP contribution in [0.3, 0.4) is 0 Å². The molecule has 0 saturated heterocycles. The highest BCUT2D eigenvalue weighted by molar-refractivity contribution is 9.10. The summed E-state index contributed by atoms with van der Waals surface area (Å²) in [5.41, 5.74) is 1.81. The molecule has 136 valence electrons. The molecule has 0 saturated carbocycles. The molecule has 0 fully saturated rings. The second kappa shape index (κ2) is 8.20. The number of halogens is 1. The van der Waals surface area contributed by atoms with E-state index in [-0.39, 0.29) is 11.8 Å². The maximum absolute atomic E-state index is 9.95. The predicted molar refractivity (Wildman–Crippen MR) is 112 cm³/mol. The van der Waals surface area contributed by atoms with E-state index in [1.165, 1.54) is 7.11 Å². The molecule has 3 aromatic rings. The SMILES string of the molecule is COc1cc(C=Nn2c(-c3cccs3)csc2=NC(C)C)cc(Br)c1O. The van der Waals surface area contributed by atoms with Crippen molar-refractivity contribution in [3.63, 3.8) is 0 Å². The van der Waals surface area contributed by atoms with Crippen LogP contribution in [-0.4, -0.2) is 29.1 Å². The quantitative estimate of drug-likeness (QED) is 0.557. The number of aromatic hydroxyl groups is 1. The number of thiophene rings is 1. The summed E-state index contributed by atoms with van der Waals surface area (Å²) in [6.07, 6.45) is 1.73. The number of hydrogen-bond donors (Lipinski definition) is 1. The lowest BCUT2D eigenvalue weighted by Crippen LogP contribution is -2.14. The maximum Gasteiger partial charge on any atom is 0.206 e. The number of ether oxygens (including phenoxy) is 1. The third-order valence-electron chi connectivity index (χ3n) is 3.42. The van der Waals surface area contributed by atoms with Gasteiger partial charge in [0.05, 0.1) is 28.4 Å². The van der Waals surface area contributed by atoms with E-state index in [4.69, 9.17) is 4.74 Å². The molecule has 3 rings (SSSR count). The van der Waals surface area contributed by atoms with Crippen molar-refractivity contribution in [3.8, 4) is 22.1 Å². The zero-order chi connectivity index (χ0) is 18.7. The van der Waals surface area contributed by atoms with E-state index in [0.717, 1.165) is 20.9 Å². The molecular formula is C18H18BrN3O2S2. The number of phenolic OH excluding ortho intramolecular Hbond substituents is 1. The van der Waals surface area contributed by atoms with Gasteiger partial charge in [-0.2, -0.15) is 5.10 Å². The van der Waals surface area contributed by atoms with Gasteiger partial charge < -0.3 is 9.84 Å². The van der Waals surface area contributed by atoms with Crippen LogP contribution in [0.4, 0.5) is 0 Å². The van der Waals surface area contributed by atoms with E-state index in [1.807, 2.05) is 30.0 Å². The number of phenols is 1. The van der Waals surface area contributed by atoms with Crippen molar-refractivity contribution in [2.75, 3.05) is 7.11 Å². The molecular weight excluding hydrogens is 434 g/mol. The van der Waals surface area contributed by atoms with E-state index in [0.29, 0.717) is 10.2 Å². The molecule has 1 N–H and O–H groups in total. The number of nitrogens with zero attached hydrogens (tertiary/aromatic N) is 3. The fraction of sp³-hybridized carbons (Fsp3) is 0.222. The number of benzene rings is 1. The monoisotopic (exact) mass is 451 g/mol. The molecule has 0 aliphatic carbocycles. The van der Waals surface area contributed by atoms with Crippen LogP contribution in [0.25, 0.3) is 10.6 Å². The van der Waals surface area contributed by atoms with Gasteiger partial charge in [-0.3, -0.25) is 4.99 Å². The highest BCUT2D eigenvalue weighted by Gasteiger charge is 2.10. The summed E-state index contributed by atoms with van der Waals surface area (Å²) >= 11 is 6.57. The summed E-state index contributed by atoms with van der Waals surface area (Å²) in [6, 6.07) is 7.79. The molecule has 1 aromatic carbocycles. The van der Waals surface area contributed by atoms with Crippen molar-refractivity contribution in [1.29, 1.82) is 0 Å². The van der Waals surface area contributed by atoms with Gasteiger partial charge in [0.2, 0.25) is 4.80 Å². The van der Waals surface area contributed by atoms with E-state index >= 15 is 0 Å². The van der Waals surface area contributed by atoms with Crippen molar-refractivity contribution >= 4 is 44.8 Å². The van der Waals surface area contributed by atoms with Crippen LogP contribution in [-0.2, 0) is 0 Å². The minimum atomic E-state index is 0.0719. The average molecular weight is 452 g/mol. The number of methoxy groups -OCH3 is 1. The van der Waals surface area contributed by atoms with Crippen LogP contribution in [0.5, 0.6) is 11.5 Å². The predicted octanol–water partition coefficient (Wildman–Crippen LogP) is 4.95. The Balaban J connectivity index is 2.08. The lowest BCUT2D eigenvalue weighted by molar-refractivity contribution is 0.372. The summed E-state index contributed by atoms with van der Waals surface area (Å²) in [5.74, 6) is 0.462. The Labute approximate surface area is 168 Å². The van der Waals surface area contributed by atoms with E-state index in [1.54, 1.807) is 41.0 Å². The van der Waals surface area contributed by atoms with Crippen molar-refractivity contribution in [1.82, 2.24) is 4.68 Å². The van der Waals surface area contributed by atoms with Crippen LogP contribution in [0.15, 0.2) is 49.6 Å². The van der Waals surface area contributed by atoms with E-state index < -0.39 is 0 Å². The minimum absolute atomic E-state index is 0.0719.